The zero-order valence-electron chi connectivity index (χ0n) is 13.5. The second-order valence-electron chi connectivity index (χ2n) is 6.53. The van der Waals surface area contributed by atoms with Gasteiger partial charge in [-0.1, -0.05) is 48.0 Å². The quantitative estimate of drug-likeness (QED) is 0.724. The van der Waals surface area contributed by atoms with E-state index < -0.39 is 5.41 Å². The molecule has 1 fully saturated rings. The number of halogens is 1. The Hall–Kier alpha value is -2.26. The molecule has 0 bridgehead atoms. The molecule has 0 radical (unpaired) electrons. The van der Waals surface area contributed by atoms with Crippen LogP contribution in [0.25, 0.3) is 10.9 Å². The molecule has 0 aliphatic heterocycles. The van der Waals surface area contributed by atoms with Gasteiger partial charge in [0.2, 0.25) is 5.91 Å². The van der Waals surface area contributed by atoms with Gasteiger partial charge in [-0.15, -0.1) is 0 Å². The predicted octanol–water partition coefficient (Wildman–Crippen LogP) is 4.48. The van der Waals surface area contributed by atoms with Gasteiger partial charge in [-0.05, 0) is 43.0 Å². The fourth-order valence-electron chi connectivity index (χ4n) is 3.60. The third kappa shape index (κ3) is 2.40. The molecular formula is C20H19ClN2O. The number of rotatable bonds is 4. The van der Waals surface area contributed by atoms with E-state index in [2.05, 4.69) is 29.4 Å². The van der Waals surface area contributed by atoms with Gasteiger partial charge in [0.1, 0.15) is 0 Å². The zero-order valence-corrected chi connectivity index (χ0v) is 14.3. The lowest BCUT2D eigenvalue weighted by molar-refractivity contribution is -0.123. The largest absolute Gasteiger partial charge is 0.358 e. The number of aryl methyl sites for hydroxylation is 1. The highest BCUT2D eigenvalue weighted by atomic mass is 35.5. The number of carbonyl (C=O) groups is 1. The van der Waals surface area contributed by atoms with Crippen molar-refractivity contribution < 1.29 is 4.79 Å². The molecule has 1 heterocycles. The summed E-state index contributed by atoms with van der Waals surface area (Å²) < 4.78 is 0. The molecular weight excluding hydrogens is 320 g/mol. The third-order valence-electron chi connectivity index (χ3n) is 4.95. The van der Waals surface area contributed by atoms with Crippen LogP contribution in [0.5, 0.6) is 0 Å². The lowest BCUT2D eigenvalue weighted by Crippen LogP contribution is -2.34. The van der Waals surface area contributed by atoms with Crippen LogP contribution in [-0.2, 0) is 16.8 Å². The van der Waals surface area contributed by atoms with Crippen LogP contribution in [0.4, 0.5) is 0 Å². The standard InChI is InChI=1S/C20H19ClN2O/c1-13-18(15-7-3-5-9-17(15)23-13)20(10-11-20)19(24)22-12-14-6-2-4-8-16(14)21/h2-9,23H,10-12H2,1H3,(H,22,24). The second kappa shape index (κ2) is 5.67. The van der Waals surface area contributed by atoms with Gasteiger partial charge in [0.15, 0.2) is 0 Å². The maximum atomic E-state index is 12.9. The van der Waals surface area contributed by atoms with E-state index in [0.29, 0.717) is 11.6 Å². The molecule has 0 spiro atoms. The number of amides is 1. The first-order chi connectivity index (χ1) is 11.6. The lowest BCUT2D eigenvalue weighted by Gasteiger charge is -2.17. The SMILES string of the molecule is Cc1[nH]c2ccccc2c1C1(C(=O)NCc2ccccc2Cl)CC1. The van der Waals surface area contributed by atoms with Crippen molar-refractivity contribution >= 4 is 28.4 Å². The summed E-state index contributed by atoms with van der Waals surface area (Å²) in [5.41, 5.74) is 3.87. The number of aromatic nitrogens is 1. The number of benzene rings is 2. The van der Waals surface area contributed by atoms with Gasteiger partial charge in [0.05, 0.1) is 5.41 Å². The van der Waals surface area contributed by atoms with Crippen molar-refractivity contribution in [3.8, 4) is 0 Å². The molecule has 1 aliphatic carbocycles. The van der Waals surface area contributed by atoms with Crippen molar-refractivity contribution in [3.05, 3.63) is 70.4 Å². The van der Waals surface area contributed by atoms with Crippen molar-refractivity contribution in [2.45, 2.75) is 31.7 Å². The van der Waals surface area contributed by atoms with Gasteiger partial charge in [-0.2, -0.15) is 0 Å². The van der Waals surface area contributed by atoms with Gasteiger partial charge >= 0.3 is 0 Å². The van der Waals surface area contributed by atoms with Crippen molar-refractivity contribution in [1.82, 2.24) is 10.3 Å². The Bertz CT molecular complexity index is 924. The first-order valence-electron chi connectivity index (χ1n) is 8.21. The average Bonchev–Trinajstić information content (AvgIpc) is 3.30. The number of hydrogen-bond donors (Lipinski definition) is 2. The monoisotopic (exact) mass is 338 g/mol. The third-order valence-corrected chi connectivity index (χ3v) is 5.32. The molecule has 0 atom stereocenters. The van der Waals surface area contributed by atoms with Crippen LogP contribution in [0.2, 0.25) is 5.02 Å². The highest BCUT2D eigenvalue weighted by Gasteiger charge is 2.53. The minimum Gasteiger partial charge on any atom is -0.358 e. The van der Waals surface area contributed by atoms with Crippen LogP contribution in [0.1, 0.15) is 29.7 Å². The summed E-state index contributed by atoms with van der Waals surface area (Å²) in [4.78, 5) is 16.3. The van der Waals surface area contributed by atoms with E-state index >= 15 is 0 Å². The normalized spacial score (nSPS) is 15.4. The molecule has 24 heavy (non-hydrogen) atoms. The topological polar surface area (TPSA) is 44.9 Å². The van der Waals surface area contributed by atoms with Gasteiger partial charge in [0, 0.05) is 28.2 Å². The summed E-state index contributed by atoms with van der Waals surface area (Å²) in [6, 6.07) is 15.8. The van der Waals surface area contributed by atoms with E-state index in [1.54, 1.807) is 0 Å². The van der Waals surface area contributed by atoms with Crippen LogP contribution in [0, 0.1) is 6.92 Å². The molecule has 2 aromatic carbocycles. The van der Waals surface area contributed by atoms with Gasteiger partial charge in [-0.25, -0.2) is 0 Å². The van der Waals surface area contributed by atoms with E-state index in [4.69, 9.17) is 11.6 Å². The predicted molar refractivity (Wildman–Crippen MR) is 97.2 cm³/mol. The molecule has 4 heteroatoms. The van der Waals surface area contributed by atoms with Crippen molar-refractivity contribution in [2.24, 2.45) is 0 Å². The molecule has 1 aromatic heterocycles. The summed E-state index contributed by atoms with van der Waals surface area (Å²) in [5, 5.41) is 4.92. The lowest BCUT2D eigenvalue weighted by atomic mass is 9.92. The number of fused-ring (bicyclic) bond motifs is 1. The molecule has 3 nitrogen and oxygen atoms in total. The molecule has 2 N–H and O–H groups in total. The van der Waals surface area contributed by atoms with Gasteiger partial charge in [-0.3, -0.25) is 4.79 Å². The van der Waals surface area contributed by atoms with Crippen LogP contribution < -0.4 is 5.32 Å². The number of para-hydroxylation sites is 1. The molecule has 0 unspecified atom stereocenters. The highest BCUT2D eigenvalue weighted by molar-refractivity contribution is 6.31. The average molecular weight is 339 g/mol. The summed E-state index contributed by atoms with van der Waals surface area (Å²) in [6.07, 6.45) is 1.79. The van der Waals surface area contributed by atoms with Crippen LogP contribution in [0.15, 0.2) is 48.5 Å². The highest BCUT2D eigenvalue weighted by Crippen LogP contribution is 2.52. The van der Waals surface area contributed by atoms with Crippen molar-refractivity contribution in [1.29, 1.82) is 0 Å². The number of carbonyl (C=O) groups excluding carboxylic acids is 1. The van der Waals surface area contributed by atoms with Gasteiger partial charge < -0.3 is 10.3 Å². The number of H-pyrrole nitrogens is 1. The van der Waals surface area contributed by atoms with E-state index in [1.165, 1.54) is 0 Å². The first kappa shape index (κ1) is 15.3. The molecule has 4 rings (SSSR count). The summed E-state index contributed by atoms with van der Waals surface area (Å²) in [7, 11) is 0. The minimum absolute atomic E-state index is 0.0928. The first-order valence-corrected chi connectivity index (χ1v) is 8.59. The second-order valence-corrected chi connectivity index (χ2v) is 6.93. The number of hydrogen-bond acceptors (Lipinski definition) is 1. The van der Waals surface area contributed by atoms with Crippen LogP contribution in [-0.4, -0.2) is 10.9 Å². The fraction of sp³-hybridized carbons (Fsp3) is 0.250. The maximum absolute atomic E-state index is 12.9. The molecule has 0 saturated heterocycles. The summed E-state index contributed by atoms with van der Waals surface area (Å²) >= 11 is 6.18. The van der Waals surface area contributed by atoms with Gasteiger partial charge in [0.25, 0.3) is 0 Å². The number of nitrogens with one attached hydrogen (secondary N) is 2. The fourth-order valence-corrected chi connectivity index (χ4v) is 3.80. The molecule has 1 saturated carbocycles. The summed E-state index contributed by atoms with van der Waals surface area (Å²) in [5.74, 6) is 0.0928. The Morgan fingerprint density at radius 1 is 1.17 bits per heavy atom. The van der Waals surface area contributed by atoms with E-state index in [-0.39, 0.29) is 5.91 Å². The Kier molecular flexibility index (Phi) is 3.61. The molecule has 1 amide bonds. The Morgan fingerprint density at radius 2 is 1.88 bits per heavy atom. The molecule has 3 aromatic rings. The summed E-state index contributed by atoms with van der Waals surface area (Å²) in [6.45, 7) is 2.51. The van der Waals surface area contributed by atoms with Crippen molar-refractivity contribution in [3.63, 3.8) is 0 Å². The maximum Gasteiger partial charge on any atom is 0.231 e. The zero-order chi connectivity index (χ0) is 16.7. The van der Waals surface area contributed by atoms with E-state index in [1.807, 2.05) is 36.4 Å². The molecule has 1 aliphatic rings. The minimum atomic E-state index is -0.398. The number of aromatic amines is 1. The van der Waals surface area contributed by atoms with E-state index in [0.717, 1.165) is 40.6 Å². The van der Waals surface area contributed by atoms with E-state index in [9.17, 15) is 4.79 Å². The van der Waals surface area contributed by atoms with Crippen LogP contribution in [0.3, 0.4) is 0 Å². The smallest absolute Gasteiger partial charge is 0.231 e. The van der Waals surface area contributed by atoms with Crippen molar-refractivity contribution in [2.75, 3.05) is 0 Å². The Morgan fingerprint density at radius 3 is 2.62 bits per heavy atom. The Balaban J connectivity index is 1.62. The molecule has 122 valence electrons. The van der Waals surface area contributed by atoms with Crippen LogP contribution >= 0.6 is 11.6 Å². The Labute approximate surface area is 146 Å².